The highest BCUT2D eigenvalue weighted by Gasteiger charge is 2.07. The Hall–Kier alpha value is -2.57. The molecule has 2 N–H and O–H groups in total. The molecule has 0 aliphatic rings. The molecule has 132 valence electrons. The summed E-state index contributed by atoms with van der Waals surface area (Å²) in [5, 5.41) is 3.75. The SMILES string of the molecule is COc1ccccc1CNCCn1c(=O)[nH]c2ccccc2c1=O.Cl. The molecule has 7 heteroatoms. The van der Waals surface area contributed by atoms with Crippen molar-refractivity contribution < 1.29 is 4.74 Å². The number of benzene rings is 2. The second-order valence-corrected chi connectivity index (χ2v) is 5.42. The summed E-state index contributed by atoms with van der Waals surface area (Å²) in [6.45, 7) is 1.40. The van der Waals surface area contributed by atoms with Crippen LogP contribution < -0.4 is 21.3 Å². The zero-order chi connectivity index (χ0) is 16.9. The number of methoxy groups -OCH3 is 1. The van der Waals surface area contributed by atoms with Crippen molar-refractivity contribution in [2.45, 2.75) is 13.1 Å². The lowest BCUT2D eigenvalue weighted by Crippen LogP contribution is -2.37. The van der Waals surface area contributed by atoms with E-state index in [1.54, 1.807) is 31.4 Å². The van der Waals surface area contributed by atoms with Gasteiger partial charge in [-0.25, -0.2) is 4.79 Å². The second-order valence-electron chi connectivity index (χ2n) is 5.42. The van der Waals surface area contributed by atoms with E-state index in [9.17, 15) is 9.59 Å². The van der Waals surface area contributed by atoms with Gasteiger partial charge >= 0.3 is 5.69 Å². The predicted octanol–water partition coefficient (Wildman–Crippen LogP) is 1.91. The molecule has 3 aromatic rings. The summed E-state index contributed by atoms with van der Waals surface area (Å²) in [5.41, 5.74) is 0.928. The summed E-state index contributed by atoms with van der Waals surface area (Å²) < 4.78 is 6.52. The van der Waals surface area contributed by atoms with Crippen LogP contribution in [0.25, 0.3) is 10.9 Å². The van der Waals surface area contributed by atoms with Crippen LogP contribution in [0.5, 0.6) is 5.75 Å². The van der Waals surface area contributed by atoms with E-state index >= 15 is 0 Å². The van der Waals surface area contributed by atoms with E-state index in [1.165, 1.54) is 4.57 Å². The van der Waals surface area contributed by atoms with E-state index in [0.29, 0.717) is 30.5 Å². The Morgan fingerprint density at radius 1 is 1.08 bits per heavy atom. The summed E-state index contributed by atoms with van der Waals surface area (Å²) in [5.74, 6) is 0.811. The monoisotopic (exact) mass is 361 g/mol. The van der Waals surface area contributed by atoms with E-state index in [-0.39, 0.29) is 18.0 Å². The van der Waals surface area contributed by atoms with Crippen LogP contribution in [0, 0.1) is 0 Å². The van der Waals surface area contributed by atoms with Crippen molar-refractivity contribution in [3.8, 4) is 5.75 Å². The van der Waals surface area contributed by atoms with E-state index in [0.717, 1.165) is 11.3 Å². The summed E-state index contributed by atoms with van der Waals surface area (Å²) in [6.07, 6.45) is 0. The van der Waals surface area contributed by atoms with Crippen LogP contribution >= 0.6 is 12.4 Å². The first kappa shape index (κ1) is 18.8. The number of aromatic amines is 1. The maximum Gasteiger partial charge on any atom is 0.328 e. The number of nitrogens with one attached hydrogen (secondary N) is 2. The van der Waals surface area contributed by atoms with Crippen molar-refractivity contribution in [3.63, 3.8) is 0 Å². The highest BCUT2D eigenvalue weighted by molar-refractivity contribution is 5.85. The van der Waals surface area contributed by atoms with Crippen LogP contribution in [0.4, 0.5) is 0 Å². The maximum atomic E-state index is 12.4. The van der Waals surface area contributed by atoms with Crippen molar-refractivity contribution in [1.82, 2.24) is 14.9 Å². The van der Waals surface area contributed by atoms with Gasteiger partial charge < -0.3 is 15.0 Å². The molecule has 0 unspecified atom stereocenters. The van der Waals surface area contributed by atoms with Crippen molar-refractivity contribution in [2.75, 3.05) is 13.7 Å². The lowest BCUT2D eigenvalue weighted by molar-refractivity contribution is 0.407. The van der Waals surface area contributed by atoms with Crippen LogP contribution in [0.2, 0.25) is 0 Å². The van der Waals surface area contributed by atoms with Crippen molar-refractivity contribution in [2.24, 2.45) is 0 Å². The molecule has 2 aromatic carbocycles. The van der Waals surface area contributed by atoms with Crippen molar-refractivity contribution >= 4 is 23.3 Å². The topological polar surface area (TPSA) is 76.1 Å². The third-order valence-electron chi connectivity index (χ3n) is 3.91. The Kier molecular flexibility index (Phi) is 6.38. The molecule has 0 radical (unpaired) electrons. The zero-order valence-corrected chi connectivity index (χ0v) is 14.6. The number of ether oxygens (including phenoxy) is 1. The van der Waals surface area contributed by atoms with E-state index in [2.05, 4.69) is 10.3 Å². The van der Waals surface area contributed by atoms with E-state index in [4.69, 9.17) is 4.74 Å². The molecular weight excluding hydrogens is 342 g/mol. The zero-order valence-electron chi connectivity index (χ0n) is 13.8. The molecule has 0 bridgehead atoms. The van der Waals surface area contributed by atoms with Gasteiger partial charge in [-0.15, -0.1) is 12.4 Å². The van der Waals surface area contributed by atoms with Crippen LogP contribution in [0.1, 0.15) is 5.56 Å². The van der Waals surface area contributed by atoms with Crippen LogP contribution in [-0.4, -0.2) is 23.2 Å². The molecule has 0 aliphatic carbocycles. The number of rotatable bonds is 6. The first-order chi connectivity index (χ1) is 11.7. The highest BCUT2D eigenvalue weighted by Crippen LogP contribution is 2.16. The summed E-state index contributed by atoms with van der Waals surface area (Å²) >= 11 is 0. The first-order valence-corrected chi connectivity index (χ1v) is 7.75. The Bertz CT molecular complexity index is 965. The van der Waals surface area contributed by atoms with Gasteiger partial charge in [-0.05, 0) is 18.2 Å². The van der Waals surface area contributed by atoms with Crippen LogP contribution in [0.15, 0.2) is 58.1 Å². The molecule has 0 aliphatic heterocycles. The number of halogens is 1. The minimum atomic E-state index is -0.391. The minimum absolute atomic E-state index is 0. The van der Waals surface area contributed by atoms with E-state index < -0.39 is 5.69 Å². The van der Waals surface area contributed by atoms with Gasteiger partial charge in [-0.3, -0.25) is 9.36 Å². The van der Waals surface area contributed by atoms with Crippen LogP contribution in [0.3, 0.4) is 0 Å². The quantitative estimate of drug-likeness (QED) is 0.658. The number of para-hydroxylation sites is 2. The molecule has 0 amide bonds. The predicted molar refractivity (Wildman–Crippen MR) is 101 cm³/mol. The molecule has 0 spiro atoms. The average Bonchev–Trinajstić information content (AvgIpc) is 2.61. The lowest BCUT2D eigenvalue weighted by atomic mass is 10.2. The number of fused-ring (bicyclic) bond motifs is 1. The Morgan fingerprint density at radius 3 is 2.60 bits per heavy atom. The smallest absolute Gasteiger partial charge is 0.328 e. The normalized spacial score (nSPS) is 10.4. The fourth-order valence-electron chi connectivity index (χ4n) is 2.66. The number of H-pyrrole nitrogens is 1. The van der Waals surface area contributed by atoms with Gasteiger partial charge in [0.25, 0.3) is 5.56 Å². The molecule has 25 heavy (non-hydrogen) atoms. The molecule has 6 nitrogen and oxygen atoms in total. The maximum absolute atomic E-state index is 12.4. The largest absolute Gasteiger partial charge is 0.496 e. The molecule has 0 fully saturated rings. The molecular formula is C18H20ClN3O3. The number of hydrogen-bond acceptors (Lipinski definition) is 4. The number of hydrogen-bond donors (Lipinski definition) is 2. The third-order valence-corrected chi connectivity index (χ3v) is 3.91. The highest BCUT2D eigenvalue weighted by atomic mass is 35.5. The summed E-state index contributed by atoms with van der Waals surface area (Å²) in [4.78, 5) is 27.2. The number of nitrogens with zero attached hydrogens (tertiary/aromatic N) is 1. The standard InChI is InChI=1S/C18H19N3O3.ClH/c1-24-16-9-5-2-6-13(16)12-19-10-11-21-17(22)14-7-3-4-8-15(14)20-18(21)23;/h2-9,19H,10-12H2,1H3,(H,20,23);1H. The van der Waals surface area contributed by atoms with Gasteiger partial charge in [0.1, 0.15) is 5.75 Å². The number of aromatic nitrogens is 2. The average molecular weight is 362 g/mol. The van der Waals surface area contributed by atoms with Crippen molar-refractivity contribution in [3.05, 3.63) is 74.9 Å². The van der Waals surface area contributed by atoms with Gasteiger partial charge in [-0.1, -0.05) is 30.3 Å². The van der Waals surface area contributed by atoms with Crippen LogP contribution in [-0.2, 0) is 13.1 Å². The van der Waals surface area contributed by atoms with E-state index in [1.807, 2.05) is 24.3 Å². The molecule has 3 rings (SSSR count). The lowest BCUT2D eigenvalue weighted by Gasteiger charge is -2.10. The fraction of sp³-hybridized carbons (Fsp3) is 0.222. The molecule has 0 saturated carbocycles. The molecule has 0 saturated heterocycles. The van der Waals surface area contributed by atoms with Gasteiger partial charge in [0.15, 0.2) is 0 Å². The third kappa shape index (κ3) is 4.10. The Morgan fingerprint density at radius 2 is 1.80 bits per heavy atom. The first-order valence-electron chi connectivity index (χ1n) is 7.75. The summed E-state index contributed by atoms with van der Waals surface area (Å²) in [6, 6.07) is 14.7. The Balaban J connectivity index is 0.00000225. The van der Waals surface area contributed by atoms with Gasteiger partial charge in [-0.2, -0.15) is 0 Å². The van der Waals surface area contributed by atoms with Gasteiger partial charge in [0.05, 0.1) is 18.0 Å². The minimum Gasteiger partial charge on any atom is -0.496 e. The van der Waals surface area contributed by atoms with Gasteiger partial charge in [0.2, 0.25) is 0 Å². The van der Waals surface area contributed by atoms with Crippen molar-refractivity contribution in [1.29, 1.82) is 0 Å². The van der Waals surface area contributed by atoms with Gasteiger partial charge in [0, 0.05) is 25.2 Å². The molecule has 1 aromatic heterocycles. The molecule has 0 atom stereocenters. The summed E-state index contributed by atoms with van der Waals surface area (Å²) in [7, 11) is 1.63. The Labute approximate surface area is 150 Å². The molecule has 1 heterocycles. The fourth-order valence-corrected chi connectivity index (χ4v) is 2.66. The second kappa shape index (κ2) is 8.50.